The van der Waals surface area contributed by atoms with Crippen LogP contribution in [-0.4, -0.2) is 62.8 Å². The lowest BCUT2D eigenvalue weighted by molar-refractivity contribution is -0.0971. The van der Waals surface area contributed by atoms with Gasteiger partial charge in [-0.2, -0.15) is 0 Å². The molecule has 1 aliphatic rings. The summed E-state index contributed by atoms with van der Waals surface area (Å²) in [5.41, 5.74) is 0.263. The second-order valence-corrected chi connectivity index (χ2v) is 6.58. The molecule has 5 nitrogen and oxygen atoms in total. The topological polar surface area (TPSA) is 48.9 Å². The fourth-order valence-electron chi connectivity index (χ4n) is 2.49. The van der Waals surface area contributed by atoms with Crippen molar-refractivity contribution in [3.63, 3.8) is 0 Å². The van der Waals surface area contributed by atoms with Gasteiger partial charge in [-0.15, -0.1) is 24.0 Å². The highest BCUT2D eigenvalue weighted by Crippen LogP contribution is 2.24. The maximum Gasteiger partial charge on any atom is 0.191 e. The molecule has 0 aliphatic carbocycles. The Bertz CT molecular complexity index is 309. The molecular formula is C15H33IN4O. The van der Waals surface area contributed by atoms with Gasteiger partial charge >= 0.3 is 0 Å². The monoisotopic (exact) mass is 412 g/mol. The highest BCUT2D eigenvalue weighted by atomic mass is 127. The molecule has 0 bridgehead atoms. The predicted molar refractivity (Wildman–Crippen MR) is 101 cm³/mol. The molecule has 0 aromatic carbocycles. The van der Waals surface area contributed by atoms with E-state index in [2.05, 4.69) is 55.1 Å². The minimum Gasteiger partial charge on any atom is -0.380 e. The van der Waals surface area contributed by atoms with Crippen LogP contribution in [0.4, 0.5) is 0 Å². The fourth-order valence-corrected chi connectivity index (χ4v) is 2.49. The van der Waals surface area contributed by atoms with Crippen molar-refractivity contribution in [3.8, 4) is 0 Å². The molecule has 0 saturated carbocycles. The summed E-state index contributed by atoms with van der Waals surface area (Å²) >= 11 is 0. The third-order valence-corrected chi connectivity index (χ3v) is 3.80. The van der Waals surface area contributed by atoms with Crippen molar-refractivity contribution in [1.82, 2.24) is 15.5 Å². The molecule has 126 valence electrons. The lowest BCUT2D eigenvalue weighted by Crippen LogP contribution is -2.52. The third kappa shape index (κ3) is 7.15. The van der Waals surface area contributed by atoms with E-state index in [1.54, 1.807) is 0 Å². The van der Waals surface area contributed by atoms with Crippen LogP contribution in [0, 0.1) is 5.41 Å². The summed E-state index contributed by atoms with van der Waals surface area (Å²) in [6, 6.07) is 1.13. The number of nitrogens with zero attached hydrogens (tertiary/aromatic N) is 2. The largest absolute Gasteiger partial charge is 0.380 e. The first-order chi connectivity index (χ1) is 9.38. The van der Waals surface area contributed by atoms with Gasteiger partial charge in [0.25, 0.3) is 0 Å². The van der Waals surface area contributed by atoms with Gasteiger partial charge in [0, 0.05) is 44.2 Å². The van der Waals surface area contributed by atoms with Gasteiger partial charge in [-0.25, -0.2) is 0 Å². The summed E-state index contributed by atoms with van der Waals surface area (Å²) < 4.78 is 5.26. The molecule has 0 aromatic heterocycles. The smallest absolute Gasteiger partial charge is 0.191 e. The maximum atomic E-state index is 5.26. The summed E-state index contributed by atoms with van der Waals surface area (Å²) in [6.07, 6.45) is 0. The van der Waals surface area contributed by atoms with E-state index in [0.29, 0.717) is 12.1 Å². The standard InChI is InChI=1S/C15H32N4O.HI/c1-12(2)19(13(3)4)8-7-17-14(16-6)18-9-15(5)10-20-11-15;/h12-13H,7-11H2,1-6H3,(H2,16,17,18);1H. The Morgan fingerprint density at radius 1 is 1.19 bits per heavy atom. The summed E-state index contributed by atoms with van der Waals surface area (Å²) in [4.78, 5) is 6.74. The Morgan fingerprint density at radius 2 is 1.76 bits per heavy atom. The lowest BCUT2D eigenvalue weighted by atomic mass is 9.89. The van der Waals surface area contributed by atoms with Crippen LogP contribution in [-0.2, 0) is 4.74 Å². The zero-order chi connectivity index (χ0) is 15.2. The number of ether oxygens (including phenoxy) is 1. The van der Waals surface area contributed by atoms with E-state index in [4.69, 9.17) is 4.74 Å². The average molecular weight is 412 g/mol. The molecule has 0 spiro atoms. The summed E-state index contributed by atoms with van der Waals surface area (Å²) in [6.45, 7) is 15.7. The van der Waals surface area contributed by atoms with E-state index in [-0.39, 0.29) is 29.4 Å². The normalized spacial score (nSPS) is 17.7. The number of hydrogen-bond acceptors (Lipinski definition) is 3. The Hall–Kier alpha value is -0.0800. The number of halogens is 1. The van der Waals surface area contributed by atoms with Crippen LogP contribution >= 0.6 is 24.0 Å². The first-order valence-electron chi connectivity index (χ1n) is 7.66. The van der Waals surface area contributed by atoms with Gasteiger partial charge in [-0.3, -0.25) is 9.89 Å². The van der Waals surface area contributed by atoms with Crippen LogP contribution in [0.5, 0.6) is 0 Å². The van der Waals surface area contributed by atoms with Gasteiger partial charge in [-0.1, -0.05) is 6.92 Å². The van der Waals surface area contributed by atoms with Gasteiger partial charge < -0.3 is 15.4 Å². The van der Waals surface area contributed by atoms with Crippen LogP contribution in [0.1, 0.15) is 34.6 Å². The van der Waals surface area contributed by atoms with Crippen LogP contribution in [0.25, 0.3) is 0 Å². The first kappa shape index (κ1) is 20.9. The summed E-state index contributed by atoms with van der Waals surface area (Å²) in [5.74, 6) is 0.880. The van der Waals surface area contributed by atoms with E-state index in [0.717, 1.165) is 38.8 Å². The Kier molecular flexibility index (Phi) is 9.80. The van der Waals surface area contributed by atoms with Gasteiger partial charge in [0.2, 0.25) is 0 Å². The zero-order valence-electron chi connectivity index (χ0n) is 14.4. The van der Waals surface area contributed by atoms with E-state index in [1.807, 2.05) is 7.05 Å². The molecule has 0 atom stereocenters. The summed E-state index contributed by atoms with van der Waals surface area (Å²) in [5, 5.41) is 6.77. The van der Waals surface area contributed by atoms with Crippen molar-refractivity contribution in [2.45, 2.75) is 46.7 Å². The summed E-state index contributed by atoms with van der Waals surface area (Å²) in [7, 11) is 1.82. The molecule has 1 aliphatic heterocycles. The van der Waals surface area contributed by atoms with Crippen molar-refractivity contribution in [2.75, 3.05) is 39.9 Å². The molecule has 0 amide bonds. The maximum absolute atomic E-state index is 5.26. The van der Waals surface area contributed by atoms with Crippen LogP contribution in [0.2, 0.25) is 0 Å². The molecule has 0 aromatic rings. The molecule has 1 saturated heterocycles. The zero-order valence-corrected chi connectivity index (χ0v) is 16.7. The van der Waals surface area contributed by atoms with E-state index in [1.165, 1.54) is 0 Å². The van der Waals surface area contributed by atoms with Crippen LogP contribution in [0.15, 0.2) is 4.99 Å². The molecule has 0 unspecified atom stereocenters. The molecule has 21 heavy (non-hydrogen) atoms. The Balaban J connectivity index is 0.00000400. The second kappa shape index (κ2) is 9.84. The van der Waals surface area contributed by atoms with Crippen molar-refractivity contribution in [3.05, 3.63) is 0 Å². The molecule has 1 fully saturated rings. The van der Waals surface area contributed by atoms with Crippen LogP contribution in [0.3, 0.4) is 0 Å². The van der Waals surface area contributed by atoms with E-state index in [9.17, 15) is 0 Å². The minimum atomic E-state index is 0. The van der Waals surface area contributed by atoms with Crippen molar-refractivity contribution in [1.29, 1.82) is 0 Å². The number of hydrogen-bond donors (Lipinski definition) is 2. The van der Waals surface area contributed by atoms with Gasteiger partial charge in [0.15, 0.2) is 5.96 Å². The molecule has 1 heterocycles. The molecule has 6 heteroatoms. The average Bonchev–Trinajstić information content (AvgIpc) is 2.34. The minimum absolute atomic E-state index is 0. The van der Waals surface area contributed by atoms with E-state index < -0.39 is 0 Å². The highest BCUT2D eigenvalue weighted by Gasteiger charge is 2.33. The second-order valence-electron chi connectivity index (χ2n) is 6.58. The first-order valence-corrected chi connectivity index (χ1v) is 7.66. The number of guanidine groups is 1. The molecule has 2 N–H and O–H groups in total. The Labute approximate surface area is 147 Å². The van der Waals surface area contributed by atoms with Gasteiger partial charge in [-0.05, 0) is 27.7 Å². The predicted octanol–water partition coefficient (Wildman–Crippen LogP) is 1.92. The number of nitrogens with one attached hydrogen (secondary N) is 2. The highest BCUT2D eigenvalue weighted by molar-refractivity contribution is 14.0. The molecular weight excluding hydrogens is 379 g/mol. The number of rotatable bonds is 7. The Morgan fingerprint density at radius 3 is 2.14 bits per heavy atom. The molecule has 0 radical (unpaired) electrons. The van der Waals surface area contributed by atoms with Crippen molar-refractivity contribution < 1.29 is 4.74 Å². The lowest BCUT2D eigenvalue weighted by Gasteiger charge is -2.38. The quantitative estimate of drug-likeness (QED) is 0.381. The third-order valence-electron chi connectivity index (χ3n) is 3.80. The van der Waals surface area contributed by atoms with Gasteiger partial charge in [0.1, 0.15) is 0 Å². The van der Waals surface area contributed by atoms with Crippen LogP contribution < -0.4 is 10.6 Å². The molecule has 1 rings (SSSR count). The SMILES string of the molecule is CN=C(NCCN(C(C)C)C(C)C)NCC1(C)COC1.I. The van der Waals surface area contributed by atoms with Crippen molar-refractivity contribution in [2.24, 2.45) is 10.4 Å². The van der Waals surface area contributed by atoms with E-state index >= 15 is 0 Å². The fraction of sp³-hybridized carbons (Fsp3) is 0.933. The number of aliphatic imine (C=N–C) groups is 1. The van der Waals surface area contributed by atoms with Crippen molar-refractivity contribution >= 4 is 29.9 Å². The van der Waals surface area contributed by atoms with Gasteiger partial charge in [0.05, 0.1) is 13.2 Å².